The average Bonchev–Trinajstić information content (AvgIpc) is 2.46. The molecule has 1 aromatic carbocycles. The van der Waals surface area contributed by atoms with Crippen LogP contribution in [0.1, 0.15) is 5.56 Å². The van der Waals surface area contributed by atoms with E-state index < -0.39 is 31.0 Å². The van der Waals surface area contributed by atoms with Crippen LogP contribution in [-0.4, -0.2) is 62.8 Å². The van der Waals surface area contributed by atoms with Gasteiger partial charge < -0.3 is 25.5 Å². The molecule has 0 saturated heterocycles. The largest absolute Gasteiger partial charge is 0.394 e. The predicted molar refractivity (Wildman–Crippen MR) is 80.5 cm³/mol. The van der Waals surface area contributed by atoms with Crippen molar-refractivity contribution in [2.45, 2.75) is 31.3 Å². The Morgan fingerprint density at radius 3 is 2.29 bits per heavy atom. The monoisotopic (exact) mass is 337 g/mol. The number of aryl methyl sites for hydroxylation is 1. The highest BCUT2D eigenvalue weighted by atomic mass is 35.5. The standard InChI is InChI=1S/C13H17Cl2NO5/c1-6-2-9(8(15)3-7(6)14)16-4-10(18)12(20)13(21)11(19)5-17/h2-4,10-13,17-21H,5H2,1H3/t10-,11+,12-,13-/m0/s1. The number of aliphatic hydroxyl groups is 5. The molecule has 0 spiro atoms. The Hall–Kier alpha value is -0.730. The number of halogens is 2. The topological polar surface area (TPSA) is 114 Å². The molecule has 21 heavy (non-hydrogen) atoms. The second-order valence-corrected chi connectivity index (χ2v) is 5.37. The molecule has 0 radical (unpaired) electrons. The van der Waals surface area contributed by atoms with Crippen LogP contribution in [0.5, 0.6) is 0 Å². The molecule has 0 saturated carbocycles. The van der Waals surface area contributed by atoms with E-state index in [0.29, 0.717) is 10.7 Å². The number of aliphatic imine (C=N–C) groups is 1. The zero-order valence-corrected chi connectivity index (χ0v) is 12.7. The van der Waals surface area contributed by atoms with E-state index in [1.54, 1.807) is 13.0 Å². The average molecular weight is 338 g/mol. The molecule has 0 aliphatic carbocycles. The summed E-state index contributed by atoms with van der Waals surface area (Å²) in [6.07, 6.45) is -5.55. The lowest BCUT2D eigenvalue weighted by Gasteiger charge is -2.23. The third-order valence-electron chi connectivity index (χ3n) is 2.88. The number of nitrogens with zero attached hydrogens (tertiary/aromatic N) is 1. The van der Waals surface area contributed by atoms with Crippen molar-refractivity contribution in [1.82, 2.24) is 0 Å². The molecular formula is C13H17Cl2NO5. The lowest BCUT2D eigenvalue weighted by molar-refractivity contribution is -0.0999. The lowest BCUT2D eigenvalue weighted by atomic mass is 10.0. The van der Waals surface area contributed by atoms with E-state index in [1.807, 2.05) is 0 Å². The molecule has 0 bridgehead atoms. The second kappa shape index (κ2) is 8.05. The molecule has 4 atom stereocenters. The van der Waals surface area contributed by atoms with Gasteiger partial charge in [-0.2, -0.15) is 0 Å². The van der Waals surface area contributed by atoms with Crippen LogP contribution in [0.4, 0.5) is 5.69 Å². The summed E-state index contributed by atoms with van der Waals surface area (Å²) in [5.74, 6) is 0. The van der Waals surface area contributed by atoms with Crippen molar-refractivity contribution in [2.24, 2.45) is 4.99 Å². The predicted octanol–water partition coefficient (Wildman–Crippen LogP) is 0.440. The molecule has 0 amide bonds. The van der Waals surface area contributed by atoms with E-state index in [1.165, 1.54) is 6.07 Å². The van der Waals surface area contributed by atoms with Crippen LogP contribution in [-0.2, 0) is 0 Å². The van der Waals surface area contributed by atoms with E-state index in [0.717, 1.165) is 11.8 Å². The maximum Gasteiger partial charge on any atom is 0.118 e. The normalized spacial score (nSPS) is 17.7. The fourth-order valence-electron chi connectivity index (χ4n) is 1.52. The van der Waals surface area contributed by atoms with Crippen LogP contribution in [0.3, 0.4) is 0 Å². The first-order valence-corrected chi connectivity index (χ1v) is 6.86. The van der Waals surface area contributed by atoms with E-state index in [9.17, 15) is 20.4 Å². The Balaban J connectivity index is 2.83. The molecule has 5 N–H and O–H groups in total. The minimum absolute atomic E-state index is 0.263. The molecule has 0 aromatic heterocycles. The third kappa shape index (κ3) is 4.89. The molecule has 118 valence electrons. The molecular weight excluding hydrogens is 321 g/mol. The number of benzene rings is 1. The number of hydrogen-bond acceptors (Lipinski definition) is 6. The van der Waals surface area contributed by atoms with E-state index >= 15 is 0 Å². The summed E-state index contributed by atoms with van der Waals surface area (Å²) in [6, 6.07) is 3.09. The van der Waals surface area contributed by atoms with Gasteiger partial charge in [0.2, 0.25) is 0 Å². The minimum atomic E-state index is -1.71. The SMILES string of the molecule is Cc1cc(N=C[C@H](O)[C@H](O)[C@@H](O)[C@H](O)CO)c(Cl)cc1Cl. The first kappa shape index (κ1) is 18.3. The highest BCUT2D eigenvalue weighted by molar-refractivity contribution is 6.36. The van der Waals surface area contributed by atoms with Crippen LogP contribution < -0.4 is 0 Å². The summed E-state index contributed by atoms with van der Waals surface area (Å²) in [5.41, 5.74) is 1.07. The third-order valence-corrected chi connectivity index (χ3v) is 3.59. The number of hydrogen-bond donors (Lipinski definition) is 5. The van der Waals surface area contributed by atoms with Crippen LogP contribution in [0.15, 0.2) is 17.1 Å². The summed E-state index contributed by atoms with van der Waals surface area (Å²) in [7, 11) is 0. The van der Waals surface area contributed by atoms with Crippen LogP contribution in [0.2, 0.25) is 10.0 Å². The first-order valence-electron chi connectivity index (χ1n) is 6.11. The fraction of sp³-hybridized carbons (Fsp3) is 0.462. The van der Waals surface area contributed by atoms with E-state index in [4.69, 9.17) is 28.3 Å². The molecule has 1 aromatic rings. The summed E-state index contributed by atoms with van der Waals surface area (Å²) in [4.78, 5) is 3.92. The maximum absolute atomic E-state index is 9.69. The van der Waals surface area contributed by atoms with Gasteiger partial charge in [-0.3, -0.25) is 4.99 Å². The van der Waals surface area contributed by atoms with Gasteiger partial charge in [-0.05, 0) is 24.6 Å². The van der Waals surface area contributed by atoms with Crippen molar-refractivity contribution in [3.63, 3.8) is 0 Å². The van der Waals surface area contributed by atoms with Crippen LogP contribution >= 0.6 is 23.2 Å². The molecule has 0 heterocycles. The summed E-state index contributed by atoms with van der Waals surface area (Å²) in [6.45, 7) is 1.01. The van der Waals surface area contributed by atoms with Crippen molar-refractivity contribution >= 4 is 35.1 Å². The van der Waals surface area contributed by atoms with Crippen molar-refractivity contribution in [3.8, 4) is 0 Å². The summed E-state index contributed by atoms with van der Waals surface area (Å²) < 4.78 is 0. The van der Waals surface area contributed by atoms with Crippen LogP contribution in [0, 0.1) is 6.92 Å². The fourth-order valence-corrected chi connectivity index (χ4v) is 1.96. The Morgan fingerprint density at radius 1 is 1.10 bits per heavy atom. The maximum atomic E-state index is 9.69. The van der Waals surface area contributed by atoms with Gasteiger partial charge >= 0.3 is 0 Å². The van der Waals surface area contributed by atoms with Crippen molar-refractivity contribution < 1.29 is 25.5 Å². The van der Waals surface area contributed by atoms with Gasteiger partial charge in [-0.25, -0.2) is 0 Å². The van der Waals surface area contributed by atoms with Crippen molar-refractivity contribution in [1.29, 1.82) is 0 Å². The molecule has 0 aliphatic heterocycles. The Labute approximate surface area is 131 Å². The van der Waals surface area contributed by atoms with Gasteiger partial charge in [0.25, 0.3) is 0 Å². The Morgan fingerprint density at radius 2 is 1.71 bits per heavy atom. The zero-order chi connectivity index (χ0) is 16.2. The van der Waals surface area contributed by atoms with Crippen molar-refractivity contribution in [2.75, 3.05) is 6.61 Å². The van der Waals surface area contributed by atoms with Gasteiger partial charge in [0.05, 0.1) is 17.3 Å². The molecule has 1 rings (SSSR count). The molecule has 0 fully saturated rings. The second-order valence-electron chi connectivity index (χ2n) is 4.55. The minimum Gasteiger partial charge on any atom is -0.394 e. The van der Waals surface area contributed by atoms with Gasteiger partial charge in [-0.15, -0.1) is 0 Å². The summed E-state index contributed by atoms with van der Waals surface area (Å²) >= 11 is 11.8. The lowest BCUT2D eigenvalue weighted by Crippen LogP contribution is -2.46. The quantitative estimate of drug-likeness (QED) is 0.483. The molecule has 0 aliphatic rings. The van der Waals surface area contributed by atoms with Gasteiger partial charge in [-0.1, -0.05) is 23.2 Å². The number of rotatable bonds is 6. The highest BCUT2D eigenvalue weighted by Crippen LogP contribution is 2.30. The highest BCUT2D eigenvalue weighted by Gasteiger charge is 2.29. The van der Waals surface area contributed by atoms with Crippen LogP contribution in [0.25, 0.3) is 0 Å². The van der Waals surface area contributed by atoms with Gasteiger partial charge in [0.1, 0.15) is 24.4 Å². The van der Waals surface area contributed by atoms with Gasteiger partial charge in [0, 0.05) is 11.2 Å². The molecule has 0 unspecified atom stereocenters. The summed E-state index contributed by atoms with van der Waals surface area (Å²) in [5, 5.41) is 47.4. The number of aliphatic hydroxyl groups excluding tert-OH is 5. The smallest absolute Gasteiger partial charge is 0.118 e. The van der Waals surface area contributed by atoms with E-state index in [2.05, 4.69) is 4.99 Å². The van der Waals surface area contributed by atoms with Gasteiger partial charge in [0.15, 0.2) is 0 Å². The Bertz CT molecular complexity index is 512. The molecule has 6 nitrogen and oxygen atoms in total. The van der Waals surface area contributed by atoms with Crippen molar-refractivity contribution in [3.05, 3.63) is 27.7 Å². The zero-order valence-electron chi connectivity index (χ0n) is 11.2. The molecule has 8 heteroatoms. The first-order chi connectivity index (χ1) is 9.77. The Kier molecular flexibility index (Phi) is 7.02. The van der Waals surface area contributed by atoms with E-state index in [-0.39, 0.29) is 5.02 Å².